The van der Waals surface area contributed by atoms with Gasteiger partial charge in [0, 0.05) is 17.2 Å². The molecule has 0 radical (unpaired) electrons. The molecule has 1 aromatic heterocycles. The van der Waals surface area contributed by atoms with Gasteiger partial charge in [-0.1, -0.05) is 30.3 Å². The van der Waals surface area contributed by atoms with Crippen molar-refractivity contribution in [2.75, 3.05) is 0 Å². The molecular formula is C20H17FNO3+. The number of hydrogen-bond acceptors (Lipinski definition) is 3. The molecule has 3 aromatic rings. The van der Waals surface area contributed by atoms with Gasteiger partial charge in [-0.2, -0.15) is 4.57 Å². The van der Waals surface area contributed by atoms with Crippen molar-refractivity contribution in [1.82, 2.24) is 0 Å². The predicted molar refractivity (Wildman–Crippen MR) is 88.4 cm³/mol. The molecule has 0 amide bonds. The van der Waals surface area contributed by atoms with Crippen LogP contribution < -0.4 is 9.30 Å². The van der Waals surface area contributed by atoms with E-state index in [4.69, 9.17) is 9.47 Å². The molecule has 5 heteroatoms. The van der Waals surface area contributed by atoms with Crippen LogP contribution >= 0.6 is 0 Å². The molecule has 0 saturated carbocycles. The number of benzene rings is 2. The number of aromatic nitrogens is 1. The maximum Gasteiger partial charge on any atom is 0.227 e. The Kier molecular flexibility index (Phi) is 4.07. The first kappa shape index (κ1) is 15.6. The molecule has 25 heavy (non-hydrogen) atoms. The maximum atomic E-state index is 14.0. The van der Waals surface area contributed by atoms with Crippen LogP contribution in [0.5, 0.6) is 11.5 Å². The fraction of sp³-hybridized carbons (Fsp3) is 0.150. The third-order valence-corrected chi connectivity index (χ3v) is 4.09. The summed E-state index contributed by atoms with van der Waals surface area (Å²) in [6.45, 7) is 0.667. The van der Waals surface area contributed by atoms with Crippen LogP contribution in [0.4, 0.5) is 4.39 Å². The van der Waals surface area contributed by atoms with Crippen molar-refractivity contribution in [2.45, 2.75) is 19.4 Å². The molecule has 1 aliphatic heterocycles. The number of fused-ring (bicyclic) bond motifs is 1. The first-order chi connectivity index (χ1) is 12.2. The lowest BCUT2D eigenvalue weighted by molar-refractivity contribution is -0.688. The number of halogens is 1. The number of rotatable bonds is 3. The lowest BCUT2D eigenvalue weighted by Crippen LogP contribution is -2.34. The van der Waals surface area contributed by atoms with Crippen molar-refractivity contribution < 1.29 is 23.5 Å². The second-order valence-corrected chi connectivity index (χ2v) is 5.96. The van der Waals surface area contributed by atoms with Gasteiger partial charge in [0.25, 0.3) is 0 Å². The van der Waals surface area contributed by atoms with E-state index in [0.29, 0.717) is 23.4 Å². The molecule has 126 valence electrons. The fourth-order valence-electron chi connectivity index (χ4n) is 2.97. The van der Waals surface area contributed by atoms with Crippen LogP contribution in [0.25, 0.3) is 0 Å². The van der Waals surface area contributed by atoms with E-state index in [2.05, 4.69) is 0 Å². The molecular weight excluding hydrogens is 321 g/mol. The van der Waals surface area contributed by atoms with Crippen LogP contribution in [0.1, 0.15) is 23.0 Å². The number of nitrogens with zero attached hydrogens (tertiary/aromatic N) is 1. The number of hydrogen-bond donors (Lipinski definition) is 1. The second-order valence-electron chi connectivity index (χ2n) is 5.96. The quantitative estimate of drug-likeness (QED) is 0.744. The smallest absolute Gasteiger partial charge is 0.227 e. The second kappa shape index (κ2) is 6.53. The highest BCUT2D eigenvalue weighted by Crippen LogP contribution is 2.36. The Balaban J connectivity index is 1.68. The van der Waals surface area contributed by atoms with E-state index >= 15 is 0 Å². The summed E-state index contributed by atoms with van der Waals surface area (Å²) in [7, 11) is 0. The Bertz CT molecular complexity index is 899. The summed E-state index contributed by atoms with van der Waals surface area (Å²) in [5, 5.41) is 9.63. The van der Waals surface area contributed by atoms with Gasteiger partial charge >= 0.3 is 0 Å². The molecule has 0 aliphatic carbocycles. The highest BCUT2D eigenvalue weighted by molar-refractivity contribution is 5.43. The molecule has 4 nitrogen and oxygen atoms in total. The fourth-order valence-corrected chi connectivity index (χ4v) is 2.97. The summed E-state index contributed by atoms with van der Waals surface area (Å²) < 4.78 is 27.5. The normalized spacial score (nSPS) is 16.1. The topological polar surface area (TPSA) is 42.6 Å². The number of aromatic hydroxyl groups is 1. The Morgan fingerprint density at radius 1 is 1.12 bits per heavy atom. The molecule has 1 atom stereocenters. The van der Waals surface area contributed by atoms with Gasteiger partial charge in [0.1, 0.15) is 11.6 Å². The maximum absolute atomic E-state index is 14.0. The van der Waals surface area contributed by atoms with Crippen molar-refractivity contribution in [3.05, 3.63) is 89.5 Å². The summed E-state index contributed by atoms with van der Waals surface area (Å²) >= 11 is 0. The molecule has 4 rings (SSSR count). The van der Waals surface area contributed by atoms with Crippen LogP contribution in [0.2, 0.25) is 0 Å². The van der Waals surface area contributed by atoms with E-state index in [-0.39, 0.29) is 18.2 Å². The van der Waals surface area contributed by atoms with Gasteiger partial charge in [-0.25, -0.2) is 4.39 Å². The third kappa shape index (κ3) is 3.32. The van der Waals surface area contributed by atoms with E-state index in [0.717, 1.165) is 5.56 Å². The minimum Gasteiger partial charge on any atom is -0.503 e. The zero-order chi connectivity index (χ0) is 17.2. The van der Waals surface area contributed by atoms with E-state index in [1.165, 1.54) is 12.1 Å². The summed E-state index contributed by atoms with van der Waals surface area (Å²) in [5.74, 6) is 0.455. The first-order valence-corrected chi connectivity index (χ1v) is 8.01. The SMILES string of the molecule is Oc1ccc[n+](Cc2cc(F)cc3c2O[C@@H](c2ccccc2)OC3)c1. The Labute approximate surface area is 144 Å². The molecule has 0 bridgehead atoms. The summed E-state index contributed by atoms with van der Waals surface area (Å²) in [6, 6.07) is 15.9. The Morgan fingerprint density at radius 3 is 2.76 bits per heavy atom. The van der Waals surface area contributed by atoms with Gasteiger partial charge < -0.3 is 14.6 Å². The molecule has 0 fully saturated rings. The lowest BCUT2D eigenvalue weighted by atomic mass is 10.1. The Hall–Kier alpha value is -2.92. The van der Waals surface area contributed by atoms with Gasteiger partial charge in [-0.3, -0.25) is 0 Å². The molecule has 2 heterocycles. The number of ether oxygens (including phenoxy) is 2. The molecule has 0 spiro atoms. The average molecular weight is 338 g/mol. The lowest BCUT2D eigenvalue weighted by Gasteiger charge is -2.28. The van der Waals surface area contributed by atoms with E-state index in [9.17, 15) is 9.50 Å². The average Bonchev–Trinajstić information content (AvgIpc) is 2.62. The van der Waals surface area contributed by atoms with Crippen molar-refractivity contribution >= 4 is 0 Å². The van der Waals surface area contributed by atoms with Gasteiger partial charge in [-0.05, 0) is 18.2 Å². The van der Waals surface area contributed by atoms with E-state index in [1.807, 2.05) is 36.5 Å². The third-order valence-electron chi connectivity index (χ3n) is 4.09. The molecule has 0 unspecified atom stereocenters. The predicted octanol–water partition coefficient (Wildman–Crippen LogP) is 3.47. The summed E-state index contributed by atoms with van der Waals surface area (Å²) in [6.07, 6.45) is 2.88. The minimum absolute atomic E-state index is 0.152. The summed E-state index contributed by atoms with van der Waals surface area (Å²) in [4.78, 5) is 0. The highest BCUT2D eigenvalue weighted by Gasteiger charge is 2.26. The molecule has 1 aliphatic rings. The van der Waals surface area contributed by atoms with Crippen LogP contribution in [-0.2, 0) is 17.9 Å². The summed E-state index contributed by atoms with van der Waals surface area (Å²) in [5.41, 5.74) is 2.30. The van der Waals surface area contributed by atoms with Crippen molar-refractivity contribution in [3.63, 3.8) is 0 Å². The first-order valence-electron chi connectivity index (χ1n) is 8.01. The van der Waals surface area contributed by atoms with Gasteiger partial charge in [0.2, 0.25) is 12.5 Å². The van der Waals surface area contributed by atoms with Gasteiger partial charge in [0.15, 0.2) is 18.5 Å². The van der Waals surface area contributed by atoms with E-state index < -0.39 is 6.29 Å². The van der Waals surface area contributed by atoms with Gasteiger partial charge in [0.05, 0.1) is 12.2 Å². The highest BCUT2D eigenvalue weighted by atomic mass is 19.1. The zero-order valence-corrected chi connectivity index (χ0v) is 13.4. The van der Waals surface area contributed by atoms with Gasteiger partial charge in [-0.15, -0.1) is 0 Å². The van der Waals surface area contributed by atoms with Crippen molar-refractivity contribution in [2.24, 2.45) is 0 Å². The van der Waals surface area contributed by atoms with Crippen LogP contribution in [-0.4, -0.2) is 5.11 Å². The Morgan fingerprint density at radius 2 is 1.96 bits per heavy atom. The van der Waals surface area contributed by atoms with Crippen LogP contribution in [0.3, 0.4) is 0 Å². The van der Waals surface area contributed by atoms with Crippen molar-refractivity contribution in [3.8, 4) is 11.5 Å². The van der Waals surface area contributed by atoms with Crippen LogP contribution in [0, 0.1) is 5.82 Å². The monoisotopic (exact) mass is 338 g/mol. The molecule has 1 N–H and O–H groups in total. The standard InChI is InChI=1S/C20H16FNO3/c21-17-9-15(11-22-8-4-7-18(23)12-22)19-16(10-17)13-24-20(25-19)14-5-2-1-3-6-14/h1-10,12,20H,11,13H2/p+1/t20-/m0/s1. The minimum atomic E-state index is -0.521. The molecule has 0 saturated heterocycles. The zero-order valence-electron chi connectivity index (χ0n) is 13.4. The van der Waals surface area contributed by atoms with Crippen LogP contribution in [0.15, 0.2) is 67.0 Å². The van der Waals surface area contributed by atoms with E-state index in [1.54, 1.807) is 22.9 Å². The van der Waals surface area contributed by atoms with Crippen molar-refractivity contribution in [1.29, 1.82) is 0 Å². The largest absolute Gasteiger partial charge is 0.503 e. The molecule has 2 aromatic carbocycles. The number of pyridine rings is 1.